The molecule has 1 atom stereocenters. The molecule has 2 N–H and O–H groups in total. The van der Waals surface area contributed by atoms with Gasteiger partial charge in [0.1, 0.15) is 0 Å². The average Bonchev–Trinajstić information content (AvgIpc) is 2.46. The maximum Gasteiger partial charge on any atom is 0.241 e. The molecule has 23 heavy (non-hydrogen) atoms. The van der Waals surface area contributed by atoms with E-state index in [-0.39, 0.29) is 10.8 Å². The zero-order valence-electron chi connectivity index (χ0n) is 12.7. The highest BCUT2D eigenvalue weighted by Crippen LogP contribution is 2.21. The molecule has 5 nitrogen and oxygen atoms in total. The fourth-order valence-electron chi connectivity index (χ4n) is 2.07. The monoisotopic (exact) mass is 352 g/mol. The maximum absolute atomic E-state index is 12.4. The van der Waals surface area contributed by atoms with E-state index < -0.39 is 16.1 Å². The quantitative estimate of drug-likeness (QED) is 0.866. The number of sulfonamides is 1. The van der Waals surface area contributed by atoms with Gasteiger partial charge in [-0.05, 0) is 48.9 Å². The standard InChI is InChI=1S/C16H17ClN2O3S/c1-11(13-4-3-5-14(17)10-13)19-23(21,22)16-8-6-15(7-9-16)18-12(2)20/h3-11,19H,1-2H3,(H,18,20). The van der Waals surface area contributed by atoms with Crippen molar-refractivity contribution in [3.05, 3.63) is 59.1 Å². The first-order valence-corrected chi connectivity index (χ1v) is 8.79. The molecular formula is C16H17ClN2O3S. The maximum atomic E-state index is 12.4. The van der Waals surface area contributed by atoms with E-state index in [0.29, 0.717) is 10.7 Å². The Hall–Kier alpha value is -1.89. The first-order chi connectivity index (χ1) is 10.8. The van der Waals surface area contributed by atoms with Crippen molar-refractivity contribution < 1.29 is 13.2 Å². The zero-order chi connectivity index (χ0) is 17.0. The van der Waals surface area contributed by atoms with E-state index in [4.69, 9.17) is 11.6 Å². The molecule has 0 aliphatic carbocycles. The van der Waals surface area contributed by atoms with Gasteiger partial charge in [-0.1, -0.05) is 23.7 Å². The van der Waals surface area contributed by atoms with Crippen molar-refractivity contribution >= 4 is 33.2 Å². The molecular weight excluding hydrogens is 336 g/mol. The molecule has 1 unspecified atom stereocenters. The Morgan fingerprint density at radius 2 is 1.78 bits per heavy atom. The van der Waals surface area contributed by atoms with Crippen molar-refractivity contribution in [2.45, 2.75) is 24.8 Å². The SMILES string of the molecule is CC(=O)Nc1ccc(S(=O)(=O)NC(C)c2cccc(Cl)c2)cc1. The fourth-order valence-corrected chi connectivity index (χ4v) is 3.50. The lowest BCUT2D eigenvalue weighted by molar-refractivity contribution is -0.114. The Kier molecular flexibility index (Phi) is 5.41. The van der Waals surface area contributed by atoms with Crippen LogP contribution in [0.4, 0.5) is 5.69 Å². The topological polar surface area (TPSA) is 75.3 Å². The second-order valence-corrected chi connectivity index (χ2v) is 7.25. The molecule has 0 saturated heterocycles. The predicted molar refractivity (Wildman–Crippen MR) is 90.9 cm³/mol. The summed E-state index contributed by atoms with van der Waals surface area (Å²) in [5.74, 6) is -0.215. The summed E-state index contributed by atoms with van der Waals surface area (Å²) in [6.45, 7) is 3.13. The summed E-state index contributed by atoms with van der Waals surface area (Å²) in [7, 11) is -3.67. The van der Waals surface area contributed by atoms with Crippen LogP contribution >= 0.6 is 11.6 Å². The molecule has 0 saturated carbocycles. The summed E-state index contributed by atoms with van der Waals surface area (Å²) in [5, 5.41) is 3.14. The zero-order valence-corrected chi connectivity index (χ0v) is 14.3. The third-order valence-corrected chi connectivity index (χ3v) is 4.96. The van der Waals surface area contributed by atoms with Gasteiger partial charge in [-0.15, -0.1) is 0 Å². The Labute approximate surface area is 140 Å². The summed E-state index contributed by atoms with van der Waals surface area (Å²) in [6.07, 6.45) is 0. The number of rotatable bonds is 5. The van der Waals surface area contributed by atoms with Gasteiger partial charge < -0.3 is 5.32 Å². The molecule has 0 aliphatic heterocycles. The van der Waals surface area contributed by atoms with Crippen LogP contribution < -0.4 is 10.0 Å². The van der Waals surface area contributed by atoms with E-state index in [1.165, 1.54) is 19.1 Å². The molecule has 122 valence electrons. The van der Waals surface area contributed by atoms with Gasteiger partial charge >= 0.3 is 0 Å². The first-order valence-electron chi connectivity index (χ1n) is 6.93. The van der Waals surface area contributed by atoms with E-state index in [2.05, 4.69) is 10.0 Å². The average molecular weight is 353 g/mol. The van der Waals surface area contributed by atoms with Crippen LogP contribution in [0.25, 0.3) is 0 Å². The molecule has 2 rings (SSSR count). The molecule has 0 spiro atoms. The van der Waals surface area contributed by atoms with Crippen LogP contribution in [-0.4, -0.2) is 14.3 Å². The van der Waals surface area contributed by atoms with Gasteiger partial charge in [0.15, 0.2) is 0 Å². The molecule has 0 radical (unpaired) electrons. The molecule has 1 amide bonds. The highest BCUT2D eigenvalue weighted by molar-refractivity contribution is 7.89. The third kappa shape index (κ3) is 4.79. The van der Waals surface area contributed by atoms with E-state index in [0.717, 1.165) is 5.56 Å². The lowest BCUT2D eigenvalue weighted by Gasteiger charge is -2.15. The summed E-state index contributed by atoms with van der Waals surface area (Å²) < 4.78 is 27.4. The van der Waals surface area contributed by atoms with E-state index in [1.807, 2.05) is 0 Å². The number of anilines is 1. The molecule has 2 aromatic rings. The van der Waals surface area contributed by atoms with Gasteiger partial charge in [0.05, 0.1) is 4.90 Å². The fraction of sp³-hybridized carbons (Fsp3) is 0.188. The lowest BCUT2D eigenvalue weighted by Crippen LogP contribution is -2.26. The second-order valence-electron chi connectivity index (χ2n) is 5.10. The number of hydrogen-bond donors (Lipinski definition) is 2. The molecule has 0 fully saturated rings. The minimum absolute atomic E-state index is 0.125. The molecule has 0 heterocycles. The Balaban J connectivity index is 2.16. The normalized spacial score (nSPS) is 12.7. The predicted octanol–water partition coefficient (Wildman–Crippen LogP) is 3.34. The highest BCUT2D eigenvalue weighted by Gasteiger charge is 2.18. The summed E-state index contributed by atoms with van der Waals surface area (Å²) in [5.41, 5.74) is 1.32. The molecule has 0 aromatic heterocycles. The van der Waals surface area contributed by atoms with Gasteiger partial charge in [0.2, 0.25) is 15.9 Å². The van der Waals surface area contributed by atoms with E-state index in [1.54, 1.807) is 43.3 Å². The first kappa shape index (κ1) is 17.5. The summed E-state index contributed by atoms with van der Waals surface area (Å²) in [6, 6.07) is 12.6. The van der Waals surface area contributed by atoms with Crippen molar-refractivity contribution in [2.75, 3.05) is 5.32 Å². The van der Waals surface area contributed by atoms with Gasteiger partial charge in [-0.25, -0.2) is 13.1 Å². The van der Waals surface area contributed by atoms with Crippen LogP contribution in [0, 0.1) is 0 Å². The van der Waals surface area contributed by atoms with Crippen molar-refractivity contribution in [3.8, 4) is 0 Å². The molecule has 7 heteroatoms. The highest BCUT2D eigenvalue weighted by atomic mass is 35.5. The Bertz CT molecular complexity index is 804. The van der Waals surface area contributed by atoms with Gasteiger partial charge in [0.25, 0.3) is 0 Å². The summed E-state index contributed by atoms with van der Waals surface area (Å²) in [4.78, 5) is 11.1. The molecule has 0 aliphatic rings. The van der Waals surface area contributed by atoms with Gasteiger partial charge in [0, 0.05) is 23.7 Å². The van der Waals surface area contributed by atoms with E-state index >= 15 is 0 Å². The Morgan fingerprint density at radius 1 is 1.13 bits per heavy atom. The van der Waals surface area contributed by atoms with Crippen LogP contribution in [0.2, 0.25) is 5.02 Å². The third-order valence-electron chi connectivity index (χ3n) is 3.17. The molecule has 2 aromatic carbocycles. The Morgan fingerprint density at radius 3 is 2.35 bits per heavy atom. The number of halogens is 1. The van der Waals surface area contributed by atoms with Crippen LogP contribution in [0.1, 0.15) is 25.5 Å². The van der Waals surface area contributed by atoms with Gasteiger partial charge in [-0.3, -0.25) is 4.79 Å². The number of carbonyl (C=O) groups excluding carboxylic acids is 1. The minimum atomic E-state index is -3.67. The largest absolute Gasteiger partial charge is 0.326 e. The summed E-state index contributed by atoms with van der Waals surface area (Å²) >= 11 is 5.92. The van der Waals surface area contributed by atoms with Crippen molar-refractivity contribution in [1.82, 2.24) is 4.72 Å². The lowest BCUT2D eigenvalue weighted by atomic mass is 10.1. The van der Waals surface area contributed by atoms with Crippen LogP contribution in [-0.2, 0) is 14.8 Å². The van der Waals surface area contributed by atoms with Gasteiger partial charge in [-0.2, -0.15) is 0 Å². The van der Waals surface area contributed by atoms with Crippen molar-refractivity contribution in [1.29, 1.82) is 0 Å². The number of nitrogens with one attached hydrogen (secondary N) is 2. The molecule has 0 bridgehead atoms. The van der Waals surface area contributed by atoms with Crippen LogP contribution in [0.3, 0.4) is 0 Å². The van der Waals surface area contributed by atoms with Crippen molar-refractivity contribution in [3.63, 3.8) is 0 Å². The second kappa shape index (κ2) is 7.12. The van der Waals surface area contributed by atoms with E-state index in [9.17, 15) is 13.2 Å². The number of carbonyl (C=O) groups is 1. The van der Waals surface area contributed by atoms with Crippen LogP contribution in [0.5, 0.6) is 0 Å². The number of benzene rings is 2. The van der Waals surface area contributed by atoms with Crippen LogP contribution in [0.15, 0.2) is 53.4 Å². The smallest absolute Gasteiger partial charge is 0.241 e. The number of amides is 1. The number of hydrogen-bond acceptors (Lipinski definition) is 3. The van der Waals surface area contributed by atoms with Crippen molar-refractivity contribution in [2.24, 2.45) is 0 Å². The minimum Gasteiger partial charge on any atom is -0.326 e.